The molecule has 1 nitrogen and oxygen atoms in total. The zero-order valence-electron chi connectivity index (χ0n) is 40.2. The predicted octanol–water partition coefficient (Wildman–Crippen LogP) is 13.3. The highest BCUT2D eigenvalue weighted by Crippen LogP contribution is 2.50. The molecule has 0 spiro atoms. The first-order valence-electron chi connectivity index (χ1n) is 23.0. The van der Waals surface area contributed by atoms with Crippen molar-refractivity contribution in [3.63, 3.8) is 0 Å². The summed E-state index contributed by atoms with van der Waals surface area (Å²) in [7, 11) is 0. The van der Waals surface area contributed by atoms with Gasteiger partial charge in [0.05, 0.1) is 21.9 Å². The Morgan fingerprint density at radius 2 is 1.02 bits per heavy atom. The first-order chi connectivity index (χ1) is 30.0. The lowest BCUT2D eigenvalue weighted by Gasteiger charge is -2.21. The Labute approximate surface area is 292 Å². The zero-order chi connectivity index (χ0) is 44.6. The van der Waals surface area contributed by atoms with Crippen LogP contribution in [0.1, 0.15) is 21.9 Å². The van der Waals surface area contributed by atoms with Crippen LogP contribution in [-0.4, -0.2) is 0 Å². The summed E-state index contributed by atoms with van der Waals surface area (Å²) in [6.45, 7) is 0. The maximum atomic E-state index is 9.79. The van der Waals surface area contributed by atoms with E-state index in [-0.39, 0.29) is 65.4 Å². The highest BCUT2D eigenvalue weighted by molar-refractivity contribution is 6.33. The smallest absolute Gasteiger partial charge is 0.136 e. The first-order valence-corrected chi connectivity index (χ1v) is 15.0. The highest BCUT2D eigenvalue weighted by Gasteiger charge is 2.23. The van der Waals surface area contributed by atoms with Gasteiger partial charge in [0.15, 0.2) is 0 Å². The summed E-state index contributed by atoms with van der Waals surface area (Å²) < 4.78 is 151. The van der Waals surface area contributed by atoms with E-state index in [9.17, 15) is 6.85 Å². The van der Waals surface area contributed by atoms with Crippen LogP contribution in [0, 0.1) is 0 Å². The Bertz CT molecular complexity index is 3960. The largest absolute Gasteiger partial charge is 0.456 e. The standard InChI is InChI=1S/C46H26O/c1-2-12-31-27(9-1)21-26-38-43(37-16-8-18-40-44(37)36-15-5-6-17-39(36)47-40)32-13-3-4-14-33(32)46(45(31)38)35-25-23-30-20-19-28-10-7-11-29-22-24-34(35)42(30)41(28)29/h1-26H/i5D,6D,7D,8D,10D,11D,15D,16D,17D,18D,19D,20D,22D,23D,24D,25D. The molecule has 0 fully saturated rings. The minimum Gasteiger partial charge on any atom is -0.456 e. The fourth-order valence-electron chi connectivity index (χ4n) is 7.27. The van der Waals surface area contributed by atoms with Gasteiger partial charge in [0, 0.05) is 10.8 Å². The Balaban J connectivity index is 1.45. The molecule has 216 valence electrons. The Kier molecular flexibility index (Phi) is 2.83. The number of para-hydroxylation sites is 1. The third-order valence-corrected chi connectivity index (χ3v) is 9.17. The van der Waals surface area contributed by atoms with Crippen LogP contribution in [0.5, 0.6) is 0 Å². The van der Waals surface area contributed by atoms with E-state index in [0.29, 0.717) is 38.1 Å². The molecule has 1 aromatic heterocycles. The van der Waals surface area contributed by atoms with Gasteiger partial charge in [0.25, 0.3) is 0 Å². The van der Waals surface area contributed by atoms with Crippen LogP contribution in [0.3, 0.4) is 0 Å². The number of hydrogen-bond donors (Lipinski definition) is 0. The molecule has 0 aliphatic carbocycles. The van der Waals surface area contributed by atoms with E-state index in [1.165, 1.54) is 0 Å². The molecule has 0 atom stereocenters. The molecule has 0 amide bonds. The Hall–Kier alpha value is -6.18. The molecule has 10 aromatic carbocycles. The van der Waals surface area contributed by atoms with Gasteiger partial charge in [-0.15, -0.1) is 0 Å². The van der Waals surface area contributed by atoms with Gasteiger partial charge in [0.2, 0.25) is 0 Å². The van der Waals surface area contributed by atoms with Crippen LogP contribution in [0.25, 0.3) is 109 Å². The summed E-state index contributed by atoms with van der Waals surface area (Å²) in [4.78, 5) is 0. The van der Waals surface area contributed by atoms with Crippen molar-refractivity contribution in [3.8, 4) is 22.3 Å². The number of rotatable bonds is 2. The van der Waals surface area contributed by atoms with Gasteiger partial charge in [0.1, 0.15) is 11.2 Å². The minimum atomic E-state index is -0.577. The summed E-state index contributed by atoms with van der Waals surface area (Å²) in [6, 6.07) is 9.97. The van der Waals surface area contributed by atoms with Gasteiger partial charge in [-0.2, -0.15) is 0 Å². The van der Waals surface area contributed by atoms with Gasteiger partial charge in [-0.05, 0) is 99.0 Å². The summed E-state index contributed by atoms with van der Waals surface area (Å²) in [6.07, 6.45) is 0. The lowest BCUT2D eigenvalue weighted by molar-refractivity contribution is 0.669. The average Bonchev–Trinajstić information content (AvgIpc) is 3.68. The lowest BCUT2D eigenvalue weighted by atomic mass is 9.81. The fraction of sp³-hybridized carbons (Fsp3) is 0. The molecule has 0 bridgehead atoms. The van der Waals surface area contributed by atoms with Crippen LogP contribution in [0.2, 0.25) is 0 Å². The van der Waals surface area contributed by atoms with Crippen molar-refractivity contribution in [2.24, 2.45) is 0 Å². The Morgan fingerprint density at radius 1 is 0.340 bits per heavy atom. The van der Waals surface area contributed by atoms with Crippen molar-refractivity contribution in [3.05, 3.63) is 157 Å². The van der Waals surface area contributed by atoms with Crippen LogP contribution < -0.4 is 0 Å². The van der Waals surface area contributed by atoms with Gasteiger partial charge in [-0.3, -0.25) is 0 Å². The highest BCUT2D eigenvalue weighted by atomic mass is 16.3. The third-order valence-electron chi connectivity index (χ3n) is 9.17. The number of benzene rings is 10. The molecule has 0 saturated heterocycles. The molecule has 0 saturated carbocycles. The SMILES string of the molecule is [2H]c1c([2H])c([2H])c2c(oc3c([2H])c([2H])c([2H])c(-c4c5ccccc5c(-c5c([2H])c([2H])c6c([2H])c([2H])c7c([2H])c([2H])c([2H])c8c([2H])c([2H])c5c6c78)c5c4ccc4ccccc45)c32)c1[2H]. The second-order valence-electron chi connectivity index (χ2n) is 11.5. The molecule has 1 heterocycles. The van der Waals surface area contributed by atoms with Crippen LogP contribution in [-0.2, 0) is 0 Å². The maximum absolute atomic E-state index is 9.79. The van der Waals surface area contributed by atoms with Gasteiger partial charge in [-0.1, -0.05) is 145 Å². The van der Waals surface area contributed by atoms with Crippen LogP contribution >= 0.6 is 0 Å². The number of fused-ring (bicyclic) bond motifs is 7. The molecule has 11 rings (SSSR count). The van der Waals surface area contributed by atoms with Crippen molar-refractivity contribution in [1.82, 2.24) is 0 Å². The van der Waals surface area contributed by atoms with E-state index >= 15 is 0 Å². The third kappa shape index (κ3) is 3.33. The first kappa shape index (κ1) is 14.5. The predicted molar refractivity (Wildman–Crippen MR) is 201 cm³/mol. The quantitative estimate of drug-likeness (QED) is 0.140. The monoisotopic (exact) mass is 610 g/mol. The number of hydrogen-bond acceptors (Lipinski definition) is 1. The molecular weight excluding hydrogens is 569 g/mol. The molecule has 0 aliphatic rings. The summed E-state index contributed by atoms with van der Waals surface area (Å²) >= 11 is 0. The van der Waals surface area contributed by atoms with Gasteiger partial charge < -0.3 is 4.42 Å². The lowest BCUT2D eigenvalue weighted by Crippen LogP contribution is -1.94. The second kappa shape index (κ2) is 9.19. The summed E-state index contributed by atoms with van der Waals surface area (Å²) in [5, 5.41) is 2.50. The van der Waals surface area contributed by atoms with Crippen molar-refractivity contribution in [2.45, 2.75) is 0 Å². The minimum absolute atomic E-state index is 0.00827. The van der Waals surface area contributed by atoms with Crippen LogP contribution in [0.4, 0.5) is 0 Å². The van der Waals surface area contributed by atoms with E-state index in [2.05, 4.69) is 0 Å². The van der Waals surface area contributed by atoms with Gasteiger partial charge in [-0.25, -0.2) is 0 Å². The van der Waals surface area contributed by atoms with E-state index in [1.807, 2.05) is 24.3 Å². The van der Waals surface area contributed by atoms with Crippen LogP contribution in [0.15, 0.2) is 162 Å². The zero-order valence-corrected chi connectivity index (χ0v) is 24.2. The molecule has 0 aliphatic heterocycles. The van der Waals surface area contributed by atoms with E-state index in [0.717, 1.165) is 5.39 Å². The van der Waals surface area contributed by atoms with E-state index in [1.54, 1.807) is 36.4 Å². The van der Waals surface area contributed by atoms with E-state index < -0.39 is 96.7 Å². The van der Waals surface area contributed by atoms with Crippen molar-refractivity contribution >= 4 is 86.6 Å². The van der Waals surface area contributed by atoms with Crippen molar-refractivity contribution < 1.29 is 26.3 Å². The van der Waals surface area contributed by atoms with Gasteiger partial charge >= 0.3 is 0 Å². The summed E-state index contributed by atoms with van der Waals surface area (Å²) in [5.41, 5.74) is 0.272. The average molecular weight is 611 g/mol. The normalized spacial score (nSPS) is 17.0. The van der Waals surface area contributed by atoms with Crippen molar-refractivity contribution in [1.29, 1.82) is 0 Å². The molecule has 0 N–H and O–H groups in total. The Morgan fingerprint density at radius 3 is 1.89 bits per heavy atom. The molecule has 47 heavy (non-hydrogen) atoms. The second-order valence-corrected chi connectivity index (χ2v) is 11.5. The maximum Gasteiger partial charge on any atom is 0.136 e. The molecule has 11 aromatic rings. The summed E-state index contributed by atoms with van der Waals surface area (Å²) in [5.74, 6) is 0. The molecule has 1 heteroatoms. The van der Waals surface area contributed by atoms with E-state index in [4.69, 9.17) is 19.5 Å². The topological polar surface area (TPSA) is 13.1 Å². The van der Waals surface area contributed by atoms with Crippen molar-refractivity contribution in [2.75, 3.05) is 0 Å². The number of furan rings is 1. The molecule has 0 radical (unpaired) electrons. The molecule has 0 unspecified atom stereocenters. The molecular formula is C46H26O. The fourth-order valence-corrected chi connectivity index (χ4v) is 7.27.